The van der Waals surface area contributed by atoms with Crippen LogP contribution >= 0.6 is 12.4 Å². The van der Waals surface area contributed by atoms with Gasteiger partial charge in [0.1, 0.15) is 0 Å². The van der Waals surface area contributed by atoms with Gasteiger partial charge in [0.25, 0.3) is 0 Å². The fraction of sp³-hybridized carbons (Fsp3) is 0.333. The summed E-state index contributed by atoms with van der Waals surface area (Å²) >= 11 is 0. The van der Waals surface area contributed by atoms with Gasteiger partial charge < -0.3 is 16.4 Å². The summed E-state index contributed by atoms with van der Waals surface area (Å²) in [5.74, 6) is -0.226. The summed E-state index contributed by atoms with van der Waals surface area (Å²) in [6.07, 6.45) is 1.29. The molecule has 0 bridgehead atoms. The minimum Gasteiger partial charge on any atom is -0.351 e. The van der Waals surface area contributed by atoms with Gasteiger partial charge in [0, 0.05) is 18.2 Å². The molecule has 0 aliphatic rings. The maximum atomic E-state index is 12.2. The van der Waals surface area contributed by atoms with E-state index in [-0.39, 0.29) is 30.1 Å². The number of amides is 2. The van der Waals surface area contributed by atoms with Crippen LogP contribution in [0.2, 0.25) is 0 Å². The Morgan fingerprint density at radius 2 is 1.67 bits per heavy atom. The van der Waals surface area contributed by atoms with Crippen molar-refractivity contribution in [2.24, 2.45) is 11.7 Å². The van der Waals surface area contributed by atoms with Crippen molar-refractivity contribution in [3.63, 3.8) is 0 Å². The summed E-state index contributed by atoms with van der Waals surface area (Å²) in [6.45, 7) is 4.25. The van der Waals surface area contributed by atoms with E-state index in [1.165, 1.54) is 0 Å². The van der Waals surface area contributed by atoms with Gasteiger partial charge in [-0.15, -0.1) is 12.4 Å². The van der Waals surface area contributed by atoms with E-state index < -0.39 is 6.04 Å². The number of carbonyl (C=O) groups is 2. The van der Waals surface area contributed by atoms with E-state index in [0.29, 0.717) is 13.0 Å². The van der Waals surface area contributed by atoms with Gasteiger partial charge in [-0.05, 0) is 36.1 Å². The zero-order chi connectivity index (χ0) is 18.9. The van der Waals surface area contributed by atoms with E-state index in [1.54, 1.807) is 0 Å². The monoisotopic (exact) mass is 389 g/mol. The van der Waals surface area contributed by atoms with Crippen molar-refractivity contribution in [3.05, 3.63) is 65.7 Å². The molecule has 0 saturated carbocycles. The van der Waals surface area contributed by atoms with Crippen LogP contribution in [-0.2, 0) is 22.6 Å². The number of anilines is 1. The van der Waals surface area contributed by atoms with Crippen LogP contribution in [0.3, 0.4) is 0 Å². The fourth-order valence-corrected chi connectivity index (χ4v) is 2.49. The van der Waals surface area contributed by atoms with Gasteiger partial charge in [0.15, 0.2) is 0 Å². The number of carbonyl (C=O) groups excluding carboxylic acids is 2. The molecule has 27 heavy (non-hydrogen) atoms. The highest BCUT2D eigenvalue weighted by molar-refractivity contribution is 5.92. The minimum atomic E-state index is -0.592. The van der Waals surface area contributed by atoms with Crippen LogP contribution in [0.15, 0.2) is 54.6 Å². The van der Waals surface area contributed by atoms with Crippen LogP contribution in [0.25, 0.3) is 0 Å². The first-order valence-corrected chi connectivity index (χ1v) is 8.96. The molecule has 0 aliphatic heterocycles. The first kappa shape index (κ1) is 22.7. The molecule has 5 nitrogen and oxygen atoms in total. The van der Waals surface area contributed by atoms with Gasteiger partial charge in [-0.3, -0.25) is 9.59 Å². The third-order valence-electron chi connectivity index (χ3n) is 4.36. The van der Waals surface area contributed by atoms with Gasteiger partial charge >= 0.3 is 0 Å². The van der Waals surface area contributed by atoms with Crippen molar-refractivity contribution in [1.82, 2.24) is 5.32 Å². The zero-order valence-electron chi connectivity index (χ0n) is 15.8. The molecule has 2 aromatic carbocycles. The summed E-state index contributed by atoms with van der Waals surface area (Å²) in [5, 5.41) is 5.76. The lowest BCUT2D eigenvalue weighted by atomic mass is 10.1. The number of nitrogens with one attached hydrogen (secondary N) is 2. The first-order valence-electron chi connectivity index (χ1n) is 8.96. The molecule has 0 saturated heterocycles. The van der Waals surface area contributed by atoms with Crippen LogP contribution in [0.5, 0.6) is 0 Å². The topological polar surface area (TPSA) is 84.2 Å². The normalized spacial score (nSPS) is 12.4. The Morgan fingerprint density at radius 1 is 1.00 bits per heavy atom. The molecule has 0 heterocycles. The van der Waals surface area contributed by atoms with Gasteiger partial charge in [-0.2, -0.15) is 0 Å². The van der Waals surface area contributed by atoms with Crippen molar-refractivity contribution >= 4 is 29.9 Å². The van der Waals surface area contributed by atoms with Crippen molar-refractivity contribution in [1.29, 1.82) is 0 Å². The fourth-order valence-electron chi connectivity index (χ4n) is 2.49. The Hall–Kier alpha value is -2.37. The number of hydrogen-bond acceptors (Lipinski definition) is 3. The smallest absolute Gasteiger partial charge is 0.237 e. The quantitative estimate of drug-likeness (QED) is 0.647. The molecule has 6 heteroatoms. The number of nitrogens with two attached hydrogens (primary N) is 1. The number of benzene rings is 2. The number of rotatable bonds is 8. The number of hydrogen-bond donors (Lipinski definition) is 3. The average Bonchev–Trinajstić information content (AvgIpc) is 2.66. The van der Waals surface area contributed by atoms with E-state index in [2.05, 4.69) is 10.6 Å². The lowest BCUT2D eigenvalue weighted by Crippen LogP contribution is -2.41. The van der Waals surface area contributed by atoms with Crippen LogP contribution < -0.4 is 16.4 Å². The van der Waals surface area contributed by atoms with E-state index in [9.17, 15) is 9.59 Å². The second-order valence-electron chi connectivity index (χ2n) is 6.51. The summed E-state index contributed by atoms with van der Waals surface area (Å²) < 4.78 is 0. The number of halogens is 1. The van der Waals surface area contributed by atoms with E-state index in [1.807, 2.05) is 68.4 Å². The maximum Gasteiger partial charge on any atom is 0.237 e. The van der Waals surface area contributed by atoms with E-state index in [0.717, 1.165) is 23.2 Å². The molecule has 0 aliphatic carbocycles. The summed E-state index contributed by atoms with van der Waals surface area (Å²) in [6, 6.07) is 16.6. The molecule has 0 spiro atoms. The minimum absolute atomic E-state index is 0. The molecular formula is C21H28ClN3O2. The van der Waals surface area contributed by atoms with Crippen LogP contribution in [0.1, 0.15) is 31.4 Å². The Morgan fingerprint density at radius 3 is 2.33 bits per heavy atom. The molecule has 4 N–H and O–H groups in total. The SMILES string of the molecule is CCC(C)C(=O)Nc1cccc(CNC(=O)[C@@H](N)Cc2ccccc2)c1.Cl. The van der Waals surface area contributed by atoms with Crippen LogP contribution in [0.4, 0.5) is 5.69 Å². The highest BCUT2D eigenvalue weighted by atomic mass is 35.5. The lowest BCUT2D eigenvalue weighted by molar-refractivity contribution is -0.122. The van der Waals surface area contributed by atoms with E-state index in [4.69, 9.17) is 5.73 Å². The highest BCUT2D eigenvalue weighted by Gasteiger charge is 2.14. The third-order valence-corrected chi connectivity index (χ3v) is 4.36. The van der Waals surface area contributed by atoms with Crippen LogP contribution in [0, 0.1) is 5.92 Å². The summed E-state index contributed by atoms with van der Waals surface area (Å²) in [7, 11) is 0. The van der Waals surface area contributed by atoms with Crippen molar-refractivity contribution in [2.75, 3.05) is 5.32 Å². The van der Waals surface area contributed by atoms with Gasteiger partial charge in [-0.1, -0.05) is 56.3 Å². The van der Waals surface area contributed by atoms with Crippen LogP contribution in [-0.4, -0.2) is 17.9 Å². The third kappa shape index (κ3) is 7.41. The maximum absolute atomic E-state index is 12.2. The second-order valence-corrected chi connectivity index (χ2v) is 6.51. The predicted octanol–water partition coefficient (Wildman–Crippen LogP) is 3.28. The van der Waals surface area contributed by atoms with Crippen molar-refractivity contribution in [2.45, 2.75) is 39.3 Å². The summed E-state index contributed by atoms with van der Waals surface area (Å²) in [5.41, 5.74) is 8.66. The van der Waals surface area contributed by atoms with Gasteiger partial charge in [0.05, 0.1) is 6.04 Å². The second kappa shape index (κ2) is 11.4. The molecule has 0 fully saturated rings. The Bertz CT molecular complexity index is 737. The van der Waals surface area contributed by atoms with E-state index >= 15 is 0 Å². The summed E-state index contributed by atoms with van der Waals surface area (Å²) in [4.78, 5) is 24.2. The Kier molecular flexibility index (Phi) is 9.54. The molecule has 2 atom stereocenters. The Balaban J connectivity index is 0.00000364. The molecule has 2 amide bonds. The molecular weight excluding hydrogens is 362 g/mol. The largest absolute Gasteiger partial charge is 0.351 e. The molecule has 0 radical (unpaired) electrons. The Labute approximate surface area is 167 Å². The van der Waals surface area contributed by atoms with Crippen molar-refractivity contribution in [3.8, 4) is 0 Å². The lowest BCUT2D eigenvalue weighted by Gasteiger charge is -2.14. The van der Waals surface area contributed by atoms with Crippen molar-refractivity contribution < 1.29 is 9.59 Å². The average molecular weight is 390 g/mol. The molecule has 1 unspecified atom stereocenters. The highest BCUT2D eigenvalue weighted by Crippen LogP contribution is 2.13. The first-order chi connectivity index (χ1) is 12.5. The molecule has 2 aromatic rings. The van der Waals surface area contributed by atoms with Gasteiger partial charge in [0.2, 0.25) is 11.8 Å². The molecule has 146 valence electrons. The predicted molar refractivity (Wildman–Crippen MR) is 112 cm³/mol. The standard InChI is InChI=1S/C21H27N3O2.ClH/c1-3-15(2)20(25)24-18-11-7-10-17(12-18)14-23-21(26)19(22)13-16-8-5-4-6-9-16;/h4-12,15,19H,3,13-14,22H2,1-2H3,(H,23,26)(H,24,25);1H/t15?,19-;/m0./s1. The zero-order valence-corrected chi connectivity index (χ0v) is 16.6. The van der Waals surface area contributed by atoms with Gasteiger partial charge in [-0.25, -0.2) is 0 Å². The molecule has 0 aromatic heterocycles. The molecule has 2 rings (SSSR count).